The van der Waals surface area contributed by atoms with Crippen LogP contribution >= 0.6 is 11.6 Å². The van der Waals surface area contributed by atoms with Gasteiger partial charge in [0.2, 0.25) is 5.91 Å². The predicted molar refractivity (Wildman–Crippen MR) is 135 cm³/mol. The second-order valence-corrected chi connectivity index (χ2v) is 10.0. The smallest absolute Gasteiger partial charge is 0.261 e. The molecule has 1 aliphatic rings. The van der Waals surface area contributed by atoms with E-state index in [9.17, 15) is 13.2 Å². The van der Waals surface area contributed by atoms with E-state index in [0.29, 0.717) is 39.9 Å². The van der Waals surface area contributed by atoms with Crippen molar-refractivity contribution in [2.75, 3.05) is 18.9 Å². The van der Waals surface area contributed by atoms with Crippen LogP contribution in [0.3, 0.4) is 0 Å². The molecule has 0 spiro atoms. The molecule has 1 amide bonds. The summed E-state index contributed by atoms with van der Waals surface area (Å²) in [6.45, 7) is 1.46. The average molecular weight is 514 g/mol. The third kappa shape index (κ3) is 5.26. The van der Waals surface area contributed by atoms with Gasteiger partial charge in [-0.3, -0.25) is 9.52 Å². The summed E-state index contributed by atoms with van der Waals surface area (Å²) in [7, 11) is -0.688. The molecule has 0 aromatic heterocycles. The van der Waals surface area contributed by atoms with Crippen LogP contribution in [-0.4, -0.2) is 39.3 Å². The van der Waals surface area contributed by atoms with Crippen molar-refractivity contribution in [1.82, 2.24) is 5.01 Å². The van der Waals surface area contributed by atoms with E-state index in [-0.39, 0.29) is 16.8 Å². The molecule has 0 saturated heterocycles. The molecule has 0 radical (unpaired) electrons. The number of amides is 1. The summed E-state index contributed by atoms with van der Waals surface area (Å²) in [4.78, 5) is 12.5. The summed E-state index contributed by atoms with van der Waals surface area (Å²) in [6, 6.07) is 18.0. The lowest BCUT2D eigenvalue weighted by atomic mass is 9.98. The molecule has 3 aromatic carbocycles. The number of carbonyl (C=O) groups is 1. The van der Waals surface area contributed by atoms with E-state index >= 15 is 0 Å². The molecule has 4 rings (SSSR count). The summed E-state index contributed by atoms with van der Waals surface area (Å²) in [6.07, 6.45) is 0.447. The zero-order valence-corrected chi connectivity index (χ0v) is 20.9. The Kier molecular flexibility index (Phi) is 7.00. The first-order valence-corrected chi connectivity index (χ1v) is 12.6. The van der Waals surface area contributed by atoms with Gasteiger partial charge in [-0.1, -0.05) is 29.8 Å². The van der Waals surface area contributed by atoms with Crippen molar-refractivity contribution in [3.8, 4) is 11.5 Å². The van der Waals surface area contributed by atoms with Crippen molar-refractivity contribution < 1.29 is 22.7 Å². The highest BCUT2D eigenvalue weighted by Crippen LogP contribution is 2.37. The van der Waals surface area contributed by atoms with Gasteiger partial charge >= 0.3 is 0 Å². The third-order valence-electron chi connectivity index (χ3n) is 5.60. The molecule has 1 atom stereocenters. The summed E-state index contributed by atoms with van der Waals surface area (Å²) in [5.74, 6) is 0.936. The largest absolute Gasteiger partial charge is 0.493 e. The van der Waals surface area contributed by atoms with Crippen molar-refractivity contribution in [2.24, 2.45) is 5.10 Å². The minimum absolute atomic E-state index is 0.0989. The number of halogens is 1. The van der Waals surface area contributed by atoms with E-state index in [0.717, 1.165) is 5.56 Å². The summed E-state index contributed by atoms with van der Waals surface area (Å²) in [5.41, 5.74) is 2.59. The number of nitrogens with zero attached hydrogens (tertiary/aromatic N) is 2. The first-order valence-electron chi connectivity index (χ1n) is 10.7. The van der Waals surface area contributed by atoms with Crippen LogP contribution < -0.4 is 14.2 Å². The standard InChI is InChI=1S/C25H24ClN3O5S/c1-16(30)29-23(18-7-12-24(33-2)25(14-18)34-3)15-22(27-29)17-5-4-6-20(13-17)28-35(31,32)21-10-8-19(26)9-11-21/h4-14,23,28H,15H2,1-3H3. The molecule has 0 fully saturated rings. The Balaban J connectivity index is 1.61. The molecular formula is C25H24ClN3O5S. The third-order valence-corrected chi connectivity index (χ3v) is 7.25. The molecule has 8 nitrogen and oxygen atoms in total. The Morgan fingerprint density at radius 3 is 2.40 bits per heavy atom. The molecule has 1 heterocycles. The molecule has 35 heavy (non-hydrogen) atoms. The topological polar surface area (TPSA) is 97.3 Å². The lowest BCUT2D eigenvalue weighted by molar-refractivity contribution is -0.130. The van der Waals surface area contributed by atoms with E-state index in [4.69, 9.17) is 21.1 Å². The quantitative estimate of drug-likeness (QED) is 0.487. The van der Waals surface area contributed by atoms with Crippen LogP contribution in [0.15, 0.2) is 76.7 Å². The SMILES string of the molecule is COc1ccc(C2CC(c3cccc(NS(=O)(=O)c4ccc(Cl)cc4)c3)=NN2C(C)=O)cc1OC. The predicted octanol–water partition coefficient (Wildman–Crippen LogP) is 4.86. The summed E-state index contributed by atoms with van der Waals surface area (Å²) in [5, 5.41) is 6.44. The molecule has 182 valence electrons. The van der Waals surface area contributed by atoms with E-state index in [2.05, 4.69) is 9.82 Å². The van der Waals surface area contributed by atoms with E-state index < -0.39 is 10.0 Å². The molecule has 10 heteroatoms. The van der Waals surface area contributed by atoms with Crippen molar-refractivity contribution in [1.29, 1.82) is 0 Å². The summed E-state index contributed by atoms with van der Waals surface area (Å²) >= 11 is 5.87. The van der Waals surface area contributed by atoms with Crippen molar-refractivity contribution in [3.63, 3.8) is 0 Å². The molecule has 1 aliphatic heterocycles. The Bertz CT molecular complexity index is 1390. The minimum Gasteiger partial charge on any atom is -0.493 e. The van der Waals surface area contributed by atoms with Crippen LogP contribution in [0.5, 0.6) is 11.5 Å². The lowest BCUT2D eigenvalue weighted by Crippen LogP contribution is -2.24. The van der Waals surface area contributed by atoms with Gasteiger partial charge in [0, 0.05) is 24.1 Å². The molecule has 3 aromatic rings. The molecule has 0 bridgehead atoms. The van der Waals surface area contributed by atoms with Gasteiger partial charge in [0.1, 0.15) is 0 Å². The lowest BCUT2D eigenvalue weighted by Gasteiger charge is -2.21. The Hall–Kier alpha value is -3.56. The Morgan fingerprint density at radius 2 is 1.74 bits per heavy atom. The number of hydrogen-bond acceptors (Lipinski definition) is 6. The minimum atomic E-state index is -3.80. The van der Waals surface area contributed by atoms with Crippen LogP contribution in [0.1, 0.15) is 30.5 Å². The summed E-state index contributed by atoms with van der Waals surface area (Å²) < 4.78 is 38.9. The van der Waals surface area contributed by atoms with Gasteiger partial charge in [0.25, 0.3) is 10.0 Å². The average Bonchev–Trinajstić information content (AvgIpc) is 3.30. The fourth-order valence-corrected chi connectivity index (χ4v) is 5.06. The zero-order valence-electron chi connectivity index (χ0n) is 19.4. The van der Waals surface area contributed by atoms with Crippen LogP contribution in [0.4, 0.5) is 5.69 Å². The highest BCUT2D eigenvalue weighted by molar-refractivity contribution is 7.92. The number of ether oxygens (including phenoxy) is 2. The molecule has 1 unspecified atom stereocenters. The maximum Gasteiger partial charge on any atom is 0.261 e. The first-order chi connectivity index (χ1) is 16.7. The Labute approximate surface area is 209 Å². The number of benzene rings is 3. The number of carbonyl (C=O) groups excluding carboxylic acids is 1. The van der Waals surface area contributed by atoms with Crippen molar-refractivity contribution >= 4 is 38.9 Å². The molecule has 1 N–H and O–H groups in total. The zero-order chi connectivity index (χ0) is 25.2. The second-order valence-electron chi connectivity index (χ2n) is 7.88. The number of nitrogens with one attached hydrogen (secondary N) is 1. The number of hydrogen-bond donors (Lipinski definition) is 1. The maximum absolute atomic E-state index is 12.8. The number of hydrazone groups is 1. The fraction of sp³-hybridized carbons (Fsp3) is 0.200. The number of sulfonamides is 1. The van der Waals surface area contributed by atoms with Gasteiger partial charge in [0.05, 0.1) is 30.9 Å². The molecule has 0 saturated carbocycles. The number of rotatable bonds is 7. The number of anilines is 1. The number of methoxy groups -OCH3 is 2. The van der Waals surface area contributed by atoms with E-state index in [1.54, 1.807) is 38.5 Å². The van der Waals surface area contributed by atoms with Crippen molar-refractivity contribution in [3.05, 3.63) is 82.9 Å². The van der Waals surface area contributed by atoms with Crippen LogP contribution in [0, 0.1) is 0 Å². The van der Waals surface area contributed by atoms with Gasteiger partial charge < -0.3 is 9.47 Å². The maximum atomic E-state index is 12.8. The van der Waals surface area contributed by atoms with Gasteiger partial charge in [-0.25, -0.2) is 13.4 Å². The Morgan fingerprint density at radius 1 is 1.03 bits per heavy atom. The van der Waals surface area contributed by atoms with Crippen molar-refractivity contribution in [2.45, 2.75) is 24.3 Å². The monoisotopic (exact) mass is 513 g/mol. The fourth-order valence-electron chi connectivity index (χ4n) is 3.88. The van der Waals surface area contributed by atoms with E-state index in [1.165, 1.54) is 36.2 Å². The van der Waals surface area contributed by atoms with Gasteiger partial charge in [-0.05, 0) is 59.7 Å². The van der Waals surface area contributed by atoms with Gasteiger partial charge in [0.15, 0.2) is 11.5 Å². The van der Waals surface area contributed by atoms with Gasteiger partial charge in [-0.15, -0.1) is 0 Å². The van der Waals surface area contributed by atoms with Gasteiger partial charge in [-0.2, -0.15) is 5.10 Å². The van der Waals surface area contributed by atoms with Crippen LogP contribution in [0.25, 0.3) is 0 Å². The highest BCUT2D eigenvalue weighted by Gasteiger charge is 2.32. The molecular weight excluding hydrogens is 490 g/mol. The first kappa shape index (κ1) is 24.6. The normalized spacial score (nSPS) is 15.5. The second kappa shape index (κ2) is 9.97. The van der Waals surface area contributed by atoms with E-state index in [1.807, 2.05) is 18.2 Å². The van der Waals surface area contributed by atoms with Crippen LogP contribution in [-0.2, 0) is 14.8 Å². The molecule has 0 aliphatic carbocycles. The van der Waals surface area contributed by atoms with Crippen LogP contribution in [0.2, 0.25) is 5.02 Å². The highest BCUT2D eigenvalue weighted by atomic mass is 35.5.